The number of carbonyl (C=O) groups is 1. The van der Waals surface area contributed by atoms with Crippen molar-refractivity contribution in [2.24, 2.45) is 0 Å². The van der Waals surface area contributed by atoms with Gasteiger partial charge in [0.15, 0.2) is 0 Å². The summed E-state index contributed by atoms with van der Waals surface area (Å²) in [6, 6.07) is 1.90. The van der Waals surface area contributed by atoms with Gasteiger partial charge in [0.25, 0.3) is 5.91 Å². The number of halogens is 2. The molecule has 0 aliphatic rings. The Kier molecular flexibility index (Phi) is 4.43. The van der Waals surface area contributed by atoms with E-state index < -0.39 is 0 Å². The van der Waals surface area contributed by atoms with E-state index >= 15 is 0 Å². The molecule has 0 unspecified atom stereocenters. The molecule has 1 amide bonds. The lowest BCUT2D eigenvalue weighted by Gasteiger charge is -2.33. The molecule has 0 fully saturated rings. The summed E-state index contributed by atoms with van der Waals surface area (Å²) in [5.41, 5.74) is 0.427. The van der Waals surface area contributed by atoms with Gasteiger partial charge in [-0.3, -0.25) is 4.79 Å². The number of thiophene rings is 1. The number of hydrogen-bond donors (Lipinski definition) is 0. The van der Waals surface area contributed by atoms with Crippen LogP contribution in [-0.4, -0.2) is 29.3 Å². The maximum atomic E-state index is 12.0. The fourth-order valence-electron chi connectivity index (χ4n) is 0.980. The molecule has 0 atom stereocenters. The van der Waals surface area contributed by atoms with Crippen LogP contribution in [0.5, 0.6) is 0 Å². The Morgan fingerprint density at radius 3 is 2.67 bits per heavy atom. The fourth-order valence-corrected chi connectivity index (χ4v) is 2.48. The van der Waals surface area contributed by atoms with Crippen LogP contribution in [0.2, 0.25) is 0 Å². The zero-order valence-corrected chi connectivity index (χ0v) is 12.6. The van der Waals surface area contributed by atoms with E-state index in [4.69, 9.17) is 11.6 Å². The molecule has 0 bridgehead atoms. The van der Waals surface area contributed by atoms with E-state index in [-0.39, 0.29) is 11.4 Å². The molecule has 5 heteroatoms. The second-order valence-electron chi connectivity index (χ2n) is 3.95. The Labute approximate surface area is 113 Å². The van der Waals surface area contributed by atoms with Crippen molar-refractivity contribution in [2.75, 3.05) is 12.9 Å². The van der Waals surface area contributed by atoms with Gasteiger partial charge in [-0.1, -0.05) is 0 Å². The minimum atomic E-state index is -0.313. The van der Waals surface area contributed by atoms with E-state index in [1.807, 2.05) is 25.3 Å². The van der Waals surface area contributed by atoms with Gasteiger partial charge in [0, 0.05) is 18.3 Å². The molecule has 0 aliphatic heterocycles. The highest BCUT2D eigenvalue weighted by Crippen LogP contribution is 2.21. The van der Waals surface area contributed by atoms with Gasteiger partial charge in [-0.15, -0.1) is 22.9 Å². The van der Waals surface area contributed by atoms with Crippen LogP contribution < -0.4 is 0 Å². The largest absolute Gasteiger partial charge is 0.335 e. The van der Waals surface area contributed by atoms with Gasteiger partial charge in [-0.2, -0.15) is 0 Å². The summed E-state index contributed by atoms with van der Waals surface area (Å²) in [6.45, 7) is 3.91. The Morgan fingerprint density at radius 2 is 2.27 bits per heavy atom. The third-order valence-corrected chi connectivity index (χ3v) is 4.80. The number of amides is 1. The zero-order valence-electron chi connectivity index (χ0n) is 8.88. The average molecular weight is 358 g/mol. The van der Waals surface area contributed by atoms with Crippen molar-refractivity contribution in [3.63, 3.8) is 0 Å². The normalized spacial score (nSPS) is 11.5. The zero-order chi connectivity index (χ0) is 11.6. The summed E-state index contributed by atoms with van der Waals surface area (Å²) in [5.74, 6) is 0.455. The van der Waals surface area contributed by atoms with Gasteiger partial charge < -0.3 is 4.90 Å². The summed E-state index contributed by atoms with van der Waals surface area (Å²) >= 11 is 9.62. The van der Waals surface area contributed by atoms with Crippen molar-refractivity contribution in [3.05, 3.63) is 19.9 Å². The third-order valence-electron chi connectivity index (χ3n) is 2.35. The second kappa shape index (κ2) is 5.01. The number of hydrogen-bond acceptors (Lipinski definition) is 2. The monoisotopic (exact) mass is 357 g/mol. The summed E-state index contributed by atoms with van der Waals surface area (Å²) < 4.78 is 1.12. The molecule has 0 radical (unpaired) electrons. The van der Waals surface area contributed by atoms with Crippen LogP contribution in [0.3, 0.4) is 0 Å². The van der Waals surface area contributed by atoms with Crippen LogP contribution >= 0.6 is 45.5 Å². The van der Waals surface area contributed by atoms with Gasteiger partial charge in [-0.05, 0) is 42.5 Å². The van der Waals surface area contributed by atoms with Crippen molar-refractivity contribution < 1.29 is 4.79 Å². The number of alkyl halides is 1. The average Bonchev–Trinajstić information content (AvgIpc) is 2.62. The van der Waals surface area contributed by atoms with Gasteiger partial charge in [0.05, 0.1) is 14.0 Å². The summed E-state index contributed by atoms with van der Waals surface area (Å²) in [7, 11) is 1.79. The summed E-state index contributed by atoms with van der Waals surface area (Å²) in [5, 5.41) is 1.88. The minimum absolute atomic E-state index is 0.0276. The Hall–Kier alpha value is 0.190. The molecule has 0 saturated carbocycles. The van der Waals surface area contributed by atoms with E-state index in [1.165, 1.54) is 0 Å². The highest BCUT2D eigenvalue weighted by atomic mass is 127. The molecular formula is C10H13ClINOS. The van der Waals surface area contributed by atoms with E-state index in [0.717, 1.165) is 8.45 Å². The molecular weight excluding hydrogens is 345 g/mol. The molecule has 0 N–H and O–H groups in total. The van der Waals surface area contributed by atoms with Crippen LogP contribution in [0, 0.1) is 2.88 Å². The van der Waals surface area contributed by atoms with Crippen LogP contribution in [-0.2, 0) is 0 Å². The molecule has 15 heavy (non-hydrogen) atoms. The third kappa shape index (κ3) is 3.07. The summed E-state index contributed by atoms with van der Waals surface area (Å²) in [4.78, 5) is 13.7. The minimum Gasteiger partial charge on any atom is -0.335 e. The topological polar surface area (TPSA) is 20.3 Å². The number of rotatable bonds is 3. The smallest absolute Gasteiger partial charge is 0.254 e. The van der Waals surface area contributed by atoms with E-state index in [9.17, 15) is 4.79 Å². The molecule has 1 heterocycles. The van der Waals surface area contributed by atoms with E-state index in [1.54, 1.807) is 23.3 Å². The fraction of sp³-hybridized carbons (Fsp3) is 0.500. The molecule has 0 aromatic carbocycles. The lowest BCUT2D eigenvalue weighted by atomic mass is 10.1. The summed E-state index contributed by atoms with van der Waals surface area (Å²) in [6.07, 6.45) is 0. The van der Waals surface area contributed by atoms with Crippen molar-refractivity contribution in [2.45, 2.75) is 19.4 Å². The molecule has 2 nitrogen and oxygen atoms in total. The lowest BCUT2D eigenvalue weighted by molar-refractivity contribution is 0.0661. The van der Waals surface area contributed by atoms with Crippen molar-refractivity contribution in [1.82, 2.24) is 4.90 Å². The Morgan fingerprint density at radius 1 is 1.67 bits per heavy atom. The van der Waals surface area contributed by atoms with Gasteiger partial charge >= 0.3 is 0 Å². The lowest BCUT2D eigenvalue weighted by Crippen LogP contribution is -2.46. The predicted molar refractivity (Wildman–Crippen MR) is 73.9 cm³/mol. The molecule has 1 aromatic rings. The van der Waals surface area contributed by atoms with Crippen LogP contribution in [0.15, 0.2) is 11.4 Å². The number of carbonyl (C=O) groups excluding carboxylic acids is 1. The Balaban J connectivity index is 2.86. The highest BCUT2D eigenvalue weighted by Gasteiger charge is 2.27. The van der Waals surface area contributed by atoms with Crippen molar-refractivity contribution >= 4 is 51.4 Å². The van der Waals surface area contributed by atoms with E-state index in [0.29, 0.717) is 5.88 Å². The van der Waals surface area contributed by atoms with Crippen LogP contribution in [0.1, 0.15) is 24.2 Å². The molecule has 0 aliphatic carbocycles. The predicted octanol–water partition coefficient (Wildman–Crippen LogP) is 3.44. The van der Waals surface area contributed by atoms with Gasteiger partial charge in [-0.25, -0.2) is 0 Å². The maximum Gasteiger partial charge on any atom is 0.254 e. The first kappa shape index (κ1) is 13.3. The van der Waals surface area contributed by atoms with Crippen LogP contribution in [0.4, 0.5) is 0 Å². The highest BCUT2D eigenvalue weighted by molar-refractivity contribution is 14.1. The standard InChI is InChI=1S/C10H13ClINOS/c1-10(2,6-11)13(3)9(14)7-4-8(12)15-5-7/h4-5H,6H2,1-3H3. The number of nitrogens with zero attached hydrogens (tertiary/aromatic N) is 1. The molecule has 0 saturated heterocycles. The molecule has 1 aromatic heterocycles. The quantitative estimate of drug-likeness (QED) is 0.599. The van der Waals surface area contributed by atoms with Gasteiger partial charge in [0.1, 0.15) is 0 Å². The van der Waals surface area contributed by atoms with Gasteiger partial charge in [0.2, 0.25) is 0 Å². The molecule has 1 rings (SSSR count). The first-order valence-corrected chi connectivity index (χ1v) is 6.96. The SMILES string of the molecule is CN(C(=O)c1csc(I)c1)C(C)(C)CCl. The van der Waals surface area contributed by atoms with Crippen molar-refractivity contribution in [3.8, 4) is 0 Å². The second-order valence-corrected chi connectivity index (χ2v) is 7.02. The molecule has 0 spiro atoms. The molecule has 84 valence electrons. The first-order chi connectivity index (χ1) is 6.88. The van der Waals surface area contributed by atoms with E-state index in [2.05, 4.69) is 22.6 Å². The van der Waals surface area contributed by atoms with Crippen molar-refractivity contribution in [1.29, 1.82) is 0 Å². The van der Waals surface area contributed by atoms with Crippen LogP contribution in [0.25, 0.3) is 0 Å². The first-order valence-electron chi connectivity index (χ1n) is 4.46. The maximum absolute atomic E-state index is 12.0. The Bertz CT molecular complexity index is 364.